The fourth-order valence-electron chi connectivity index (χ4n) is 6.39. The number of nitrogens with zero attached hydrogens (tertiary/aromatic N) is 8. The van der Waals surface area contributed by atoms with E-state index in [2.05, 4.69) is 47.5 Å². The van der Waals surface area contributed by atoms with Crippen molar-refractivity contribution < 1.29 is 42.7 Å². The van der Waals surface area contributed by atoms with Gasteiger partial charge in [0.1, 0.15) is 48.7 Å². The summed E-state index contributed by atoms with van der Waals surface area (Å²) in [4.78, 5) is 38.1. The first kappa shape index (κ1) is 32.7. The van der Waals surface area contributed by atoms with Crippen LogP contribution in [0.15, 0.2) is 37.5 Å². The fourth-order valence-corrected chi connectivity index (χ4v) is 9.76. The van der Waals surface area contributed by atoms with E-state index in [1.165, 1.54) is 25.3 Å². The molecule has 4 aromatic rings. The maximum absolute atomic E-state index is 13.7. The minimum atomic E-state index is -4.24. The van der Waals surface area contributed by atoms with Crippen LogP contribution in [0, 0.1) is 0 Å². The molecule has 0 aromatic carbocycles. The Morgan fingerprint density at radius 2 is 1.56 bits per heavy atom. The highest BCUT2D eigenvalue weighted by Gasteiger charge is 2.52. The highest BCUT2D eigenvalue weighted by atomic mass is 32.7. The number of aliphatic hydroxyl groups excluding tert-OH is 2. The minimum absolute atomic E-state index is 0.0200. The number of thiol groups is 1. The number of imidazole rings is 2. The number of ether oxygens (including phenoxy) is 2. The Bertz CT molecular complexity index is 1850. The lowest BCUT2D eigenvalue weighted by molar-refractivity contribution is -0.0517. The molecule has 0 saturated carbocycles. The van der Waals surface area contributed by atoms with E-state index in [0.29, 0.717) is 53.2 Å². The first-order valence-corrected chi connectivity index (χ1v) is 20.7. The van der Waals surface area contributed by atoms with Crippen molar-refractivity contribution in [3.05, 3.63) is 43.2 Å². The van der Waals surface area contributed by atoms with Crippen LogP contribution in [0.4, 0.5) is 5.82 Å². The minimum Gasteiger partial charge on any atom is -0.387 e. The highest BCUT2D eigenvalue weighted by molar-refractivity contribution is 8.44. The summed E-state index contributed by atoms with van der Waals surface area (Å²) in [6.45, 7) is -7.91. The van der Waals surface area contributed by atoms with Crippen molar-refractivity contribution in [2.45, 2.75) is 68.3 Å². The predicted molar refractivity (Wildman–Crippen MR) is 175 cm³/mol. The molecule has 5 aliphatic rings. The van der Waals surface area contributed by atoms with Crippen molar-refractivity contribution in [1.29, 1.82) is 0 Å². The summed E-state index contributed by atoms with van der Waals surface area (Å²) in [6.07, 6.45) is 1.34. The van der Waals surface area contributed by atoms with Gasteiger partial charge in [0.05, 0.1) is 31.1 Å². The van der Waals surface area contributed by atoms with Crippen LogP contribution in [0.3, 0.4) is 0 Å². The smallest absolute Gasteiger partial charge is 0.386 e. The van der Waals surface area contributed by atoms with Crippen molar-refractivity contribution in [3.63, 3.8) is 0 Å². The second-order valence-corrected chi connectivity index (χ2v) is 18.3. The molecule has 0 amide bonds. The van der Waals surface area contributed by atoms with E-state index < -0.39 is 69.0 Å². The van der Waals surface area contributed by atoms with E-state index in [1.54, 1.807) is 9.13 Å². The molecule has 9 rings (SSSR count). The van der Waals surface area contributed by atoms with Crippen LogP contribution in [-0.2, 0) is 45.8 Å². The molecule has 9 heterocycles. The van der Waals surface area contributed by atoms with Gasteiger partial charge in [-0.15, -0.1) is 0 Å². The molecule has 3 saturated heterocycles. The number of hydrogen-bond acceptors (Lipinski definition) is 16. The molecule has 3 fully saturated rings. The van der Waals surface area contributed by atoms with Gasteiger partial charge in [-0.2, -0.15) is 0 Å². The standard InChI is InChI=1S/C26H31N9O9P2S2/c36-18-14-5-7-45(38,47)43-20-19(37)15-8-40-46(39,48)44-21(18)26(41-14)35-12-33-17-22(29-10-31-24(17)35)27-6-3-1-2-4-13-16-23(30-9-28-13)34(11-32-16)25(20)42-15/h1,3,9-12,14-15,18-21,25-26,36-37H,2,4-8H2,(H,38,47)(H,39,48)(H,27,29,31)/b3-1+/t14-,15-,18-,19-,20-,21-,25-,26?,45?,46?/m1/s1. The van der Waals surface area contributed by atoms with E-state index in [0.717, 1.165) is 0 Å². The topological polar surface area (TPSA) is 223 Å². The Balaban J connectivity index is 1.25. The molecular formula is C26H31N9O9P2S2. The molecule has 0 aliphatic carbocycles. The number of aliphatic hydroxyl groups is 2. The molecule has 18 nitrogen and oxygen atoms in total. The van der Waals surface area contributed by atoms with Crippen LogP contribution in [-0.4, -0.2) is 110 Å². The number of aryl methyl sites for hydroxylation is 1. The monoisotopic (exact) mass is 739 g/mol. The molecule has 0 spiro atoms. The zero-order valence-corrected chi connectivity index (χ0v) is 28.4. The van der Waals surface area contributed by atoms with E-state index in [9.17, 15) is 19.7 Å². The summed E-state index contributed by atoms with van der Waals surface area (Å²) in [5.74, 6) is 0.462. The number of fused-ring (bicyclic) bond motifs is 10. The number of hydrogen-bond donors (Lipinski definition) is 5. The van der Waals surface area contributed by atoms with Crippen molar-refractivity contribution in [1.82, 2.24) is 39.0 Å². The van der Waals surface area contributed by atoms with E-state index in [1.807, 2.05) is 12.2 Å². The first-order valence-electron chi connectivity index (χ1n) is 15.1. The molecular weight excluding hydrogens is 708 g/mol. The number of allylic oxidation sites excluding steroid dienone is 1. The van der Waals surface area contributed by atoms with Crippen LogP contribution in [0.25, 0.3) is 22.3 Å². The Labute approximate surface area is 282 Å². The van der Waals surface area contributed by atoms with Crippen molar-refractivity contribution in [2.75, 3.05) is 24.6 Å². The van der Waals surface area contributed by atoms with Crippen LogP contribution in [0.5, 0.6) is 0 Å². The van der Waals surface area contributed by atoms with Gasteiger partial charge in [-0.1, -0.05) is 24.4 Å². The van der Waals surface area contributed by atoms with Crippen molar-refractivity contribution in [2.24, 2.45) is 0 Å². The normalized spacial score (nSPS) is 38.2. The van der Waals surface area contributed by atoms with Gasteiger partial charge >= 0.3 is 6.80 Å². The van der Waals surface area contributed by atoms with Crippen molar-refractivity contribution >= 4 is 65.5 Å². The average Bonchev–Trinajstić information content (AvgIpc) is 3.81. The lowest BCUT2D eigenvalue weighted by Gasteiger charge is -2.28. The molecule has 14 bridgehead atoms. The maximum atomic E-state index is 13.7. The van der Waals surface area contributed by atoms with Gasteiger partial charge in [-0.05, 0) is 31.1 Å². The second kappa shape index (κ2) is 12.7. The molecule has 10 atom stereocenters. The molecule has 48 heavy (non-hydrogen) atoms. The van der Waals surface area contributed by atoms with Gasteiger partial charge in [0.2, 0.25) is 0 Å². The Kier molecular flexibility index (Phi) is 8.67. The third-order valence-electron chi connectivity index (χ3n) is 8.71. The van der Waals surface area contributed by atoms with Crippen LogP contribution >= 0.6 is 25.5 Å². The SMILES string of the molecule is O=P1(S)OC[C@H]2O[C@@H]3[C@H](OP(O)(=S)CC[C@H]4OC([C@H](O1)[C@@H]4O)n1cnc4c(ncnc41)NC/C=C/CCc1ncnc4c1ncn43)[C@@H]2O. The number of rotatable bonds is 0. The molecule has 256 valence electrons. The molecule has 4 aromatic heterocycles. The highest BCUT2D eigenvalue weighted by Crippen LogP contribution is 2.58. The summed E-state index contributed by atoms with van der Waals surface area (Å²) >= 11 is 9.77. The molecule has 22 heteroatoms. The Morgan fingerprint density at radius 1 is 0.896 bits per heavy atom. The van der Waals surface area contributed by atoms with Gasteiger partial charge in [0.15, 0.2) is 41.6 Å². The quantitative estimate of drug-likeness (QED) is 0.0982. The van der Waals surface area contributed by atoms with Crippen LogP contribution in [0.1, 0.15) is 31.0 Å². The van der Waals surface area contributed by atoms with E-state index in [4.69, 9.17) is 34.9 Å². The van der Waals surface area contributed by atoms with Crippen LogP contribution in [0.2, 0.25) is 0 Å². The molecule has 5 aliphatic heterocycles. The molecule has 0 radical (unpaired) electrons. The lowest BCUT2D eigenvalue weighted by atomic mass is 10.1. The zero-order valence-electron chi connectivity index (χ0n) is 24.9. The summed E-state index contributed by atoms with van der Waals surface area (Å²) in [5, 5.41) is 26.1. The number of anilines is 1. The largest absolute Gasteiger partial charge is 0.387 e. The molecule has 4 N–H and O–H groups in total. The number of aromatic nitrogens is 8. The predicted octanol–water partition coefficient (Wildman–Crippen LogP) is 1.63. The summed E-state index contributed by atoms with van der Waals surface area (Å²) in [6, 6.07) is 0. The zero-order chi connectivity index (χ0) is 33.2. The fraction of sp³-hybridized carbons (Fsp3) is 0.538. The Hall–Kier alpha value is -2.45. The summed E-state index contributed by atoms with van der Waals surface area (Å²) in [7, 11) is 0. The number of nitrogens with one attached hydrogen (secondary N) is 1. The lowest BCUT2D eigenvalue weighted by Crippen LogP contribution is -2.37. The van der Waals surface area contributed by atoms with Gasteiger partial charge in [0.25, 0.3) is 0 Å². The van der Waals surface area contributed by atoms with E-state index in [-0.39, 0.29) is 12.6 Å². The average molecular weight is 740 g/mol. The first-order chi connectivity index (χ1) is 23.1. The summed E-state index contributed by atoms with van der Waals surface area (Å²) in [5.41, 5.74) is 2.42. The second-order valence-electron chi connectivity index (χ2n) is 11.7. The third-order valence-corrected chi connectivity index (χ3v) is 12.5. The third kappa shape index (κ3) is 6.01. The van der Waals surface area contributed by atoms with Gasteiger partial charge < -0.3 is 34.4 Å². The summed E-state index contributed by atoms with van der Waals surface area (Å²) < 4.78 is 46.9. The van der Waals surface area contributed by atoms with Crippen LogP contribution < -0.4 is 5.32 Å². The van der Waals surface area contributed by atoms with Gasteiger partial charge in [-0.25, -0.2) is 34.5 Å². The molecule has 3 unspecified atom stereocenters. The Morgan fingerprint density at radius 3 is 2.35 bits per heavy atom. The van der Waals surface area contributed by atoms with E-state index >= 15 is 0 Å². The van der Waals surface area contributed by atoms with Gasteiger partial charge in [0, 0.05) is 12.7 Å². The van der Waals surface area contributed by atoms with Gasteiger partial charge in [-0.3, -0.25) is 18.2 Å². The maximum Gasteiger partial charge on any atom is 0.386 e. The van der Waals surface area contributed by atoms with Crippen molar-refractivity contribution in [3.8, 4) is 0 Å².